The molecule has 1 aliphatic heterocycles. The molecule has 0 aromatic rings. The summed E-state index contributed by atoms with van der Waals surface area (Å²) in [5, 5.41) is 0. The maximum absolute atomic E-state index is 11.4. The molecule has 1 aliphatic rings. The van der Waals surface area contributed by atoms with Crippen molar-refractivity contribution in [1.82, 2.24) is 4.90 Å². The van der Waals surface area contributed by atoms with E-state index in [0.29, 0.717) is 12.5 Å². The number of ether oxygens (including phenoxy) is 1. The Kier molecular flexibility index (Phi) is 8.08. The van der Waals surface area contributed by atoms with Gasteiger partial charge < -0.3 is 4.74 Å². The highest BCUT2D eigenvalue weighted by molar-refractivity contribution is 5.81. The number of carbonyl (C=O) groups is 1. The summed E-state index contributed by atoms with van der Waals surface area (Å²) < 4.78 is 5.41. The van der Waals surface area contributed by atoms with E-state index in [0.717, 1.165) is 25.9 Å². The number of unbranched alkanes of at least 4 members (excludes halogenated alkanes) is 1. The minimum atomic E-state index is 0.0882. The van der Waals surface area contributed by atoms with Crippen LogP contribution in [0.2, 0.25) is 0 Å². The van der Waals surface area contributed by atoms with Gasteiger partial charge in [0.1, 0.15) is 6.61 Å². The summed E-state index contributed by atoms with van der Waals surface area (Å²) in [6, 6.07) is 0. The summed E-state index contributed by atoms with van der Waals surface area (Å²) in [6.45, 7) is 12.8. The Balaban J connectivity index is 2.02. The first-order valence-corrected chi connectivity index (χ1v) is 8.02. The van der Waals surface area contributed by atoms with Crippen LogP contribution in [0.25, 0.3) is 0 Å². The zero-order valence-electron chi connectivity index (χ0n) is 13.7. The van der Waals surface area contributed by atoms with Gasteiger partial charge in [-0.1, -0.05) is 39.3 Å². The predicted molar refractivity (Wildman–Crippen MR) is 83.9 cm³/mol. The molecule has 0 N–H and O–H groups in total. The maximum atomic E-state index is 11.4. The average Bonchev–Trinajstić information content (AvgIpc) is 2.42. The van der Waals surface area contributed by atoms with Crippen LogP contribution >= 0.6 is 0 Å². The van der Waals surface area contributed by atoms with Gasteiger partial charge in [0.25, 0.3) is 0 Å². The third kappa shape index (κ3) is 6.67. The fourth-order valence-electron chi connectivity index (χ4n) is 2.33. The molecule has 0 aromatic heterocycles. The van der Waals surface area contributed by atoms with Crippen molar-refractivity contribution in [1.29, 1.82) is 0 Å². The summed E-state index contributed by atoms with van der Waals surface area (Å²) in [6.07, 6.45) is 5.81. The summed E-state index contributed by atoms with van der Waals surface area (Å²) >= 11 is 0. The SMILES string of the molecule is CC(C)C(=O)COCCCCN1CC=C(C(C)C)CC1. The molecule has 116 valence electrons. The van der Waals surface area contributed by atoms with E-state index in [-0.39, 0.29) is 18.3 Å². The quantitative estimate of drug-likeness (QED) is 0.480. The molecule has 0 bridgehead atoms. The molecule has 0 unspecified atom stereocenters. The van der Waals surface area contributed by atoms with Gasteiger partial charge in [-0.3, -0.25) is 9.69 Å². The molecule has 0 saturated carbocycles. The Morgan fingerprint density at radius 1 is 1.30 bits per heavy atom. The number of nitrogens with zero attached hydrogens (tertiary/aromatic N) is 1. The molecule has 0 aliphatic carbocycles. The Morgan fingerprint density at radius 2 is 2.05 bits per heavy atom. The van der Waals surface area contributed by atoms with E-state index in [2.05, 4.69) is 24.8 Å². The first kappa shape index (κ1) is 17.4. The van der Waals surface area contributed by atoms with Crippen molar-refractivity contribution in [2.75, 3.05) is 32.8 Å². The number of Topliss-reactive ketones (excluding diaryl/α,β-unsaturated/α-hetero) is 1. The molecule has 0 atom stereocenters. The third-order valence-electron chi connectivity index (χ3n) is 3.97. The van der Waals surface area contributed by atoms with Gasteiger partial charge in [0.15, 0.2) is 5.78 Å². The van der Waals surface area contributed by atoms with Crippen molar-refractivity contribution in [2.45, 2.75) is 47.0 Å². The van der Waals surface area contributed by atoms with Gasteiger partial charge >= 0.3 is 0 Å². The lowest BCUT2D eigenvalue weighted by molar-refractivity contribution is -0.126. The van der Waals surface area contributed by atoms with Crippen LogP contribution in [0.4, 0.5) is 0 Å². The normalized spacial score (nSPS) is 16.8. The molecule has 0 fully saturated rings. The van der Waals surface area contributed by atoms with Gasteiger partial charge in [0.2, 0.25) is 0 Å². The summed E-state index contributed by atoms with van der Waals surface area (Å²) in [4.78, 5) is 13.9. The Bertz CT molecular complexity index is 321. The monoisotopic (exact) mass is 281 g/mol. The van der Waals surface area contributed by atoms with Crippen molar-refractivity contribution in [3.63, 3.8) is 0 Å². The van der Waals surface area contributed by atoms with Gasteiger partial charge in [-0.25, -0.2) is 0 Å². The molecule has 1 rings (SSSR count). The molecule has 0 radical (unpaired) electrons. The van der Waals surface area contributed by atoms with E-state index < -0.39 is 0 Å². The molecule has 3 heteroatoms. The molecule has 0 saturated heterocycles. The van der Waals surface area contributed by atoms with Crippen LogP contribution in [0.1, 0.15) is 47.0 Å². The molecular formula is C17H31NO2. The standard InChI is InChI=1S/C17H31NO2/c1-14(2)16-7-10-18(11-8-16)9-5-6-12-20-13-17(19)15(3)4/h7,14-15H,5-6,8-13H2,1-4H3. The zero-order valence-corrected chi connectivity index (χ0v) is 13.7. The van der Waals surface area contributed by atoms with Gasteiger partial charge in [-0.15, -0.1) is 0 Å². The lowest BCUT2D eigenvalue weighted by Gasteiger charge is -2.27. The second-order valence-corrected chi connectivity index (χ2v) is 6.37. The molecule has 1 heterocycles. The van der Waals surface area contributed by atoms with Crippen molar-refractivity contribution < 1.29 is 9.53 Å². The number of carbonyl (C=O) groups excluding carboxylic acids is 1. The van der Waals surface area contributed by atoms with E-state index in [1.165, 1.54) is 13.0 Å². The van der Waals surface area contributed by atoms with E-state index in [1.54, 1.807) is 5.57 Å². The van der Waals surface area contributed by atoms with Gasteiger partial charge in [0.05, 0.1) is 0 Å². The third-order valence-corrected chi connectivity index (χ3v) is 3.97. The van der Waals surface area contributed by atoms with Crippen LogP contribution < -0.4 is 0 Å². The Hall–Kier alpha value is -0.670. The minimum absolute atomic E-state index is 0.0882. The molecule has 0 amide bonds. The maximum Gasteiger partial charge on any atom is 0.160 e. The van der Waals surface area contributed by atoms with Crippen molar-refractivity contribution in [3.8, 4) is 0 Å². The van der Waals surface area contributed by atoms with Crippen LogP contribution in [0.3, 0.4) is 0 Å². The molecule has 0 spiro atoms. The van der Waals surface area contributed by atoms with Crippen LogP contribution in [0.5, 0.6) is 0 Å². The first-order chi connectivity index (χ1) is 9.50. The van der Waals surface area contributed by atoms with E-state index in [9.17, 15) is 4.79 Å². The molecular weight excluding hydrogens is 250 g/mol. The summed E-state index contributed by atoms with van der Waals surface area (Å²) in [7, 11) is 0. The highest BCUT2D eigenvalue weighted by Crippen LogP contribution is 2.18. The fraction of sp³-hybridized carbons (Fsp3) is 0.824. The Labute approximate surface area is 124 Å². The highest BCUT2D eigenvalue weighted by Gasteiger charge is 2.13. The first-order valence-electron chi connectivity index (χ1n) is 8.02. The second-order valence-electron chi connectivity index (χ2n) is 6.37. The van der Waals surface area contributed by atoms with Crippen molar-refractivity contribution in [2.24, 2.45) is 11.8 Å². The largest absolute Gasteiger partial charge is 0.374 e. The molecule has 20 heavy (non-hydrogen) atoms. The van der Waals surface area contributed by atoms with Gasteiger partial charge in [0, 0.05) is 25.6 Å². The van der Waals surface area contributed by atoms with Crippen LogP contribution in [0, 0.1) is 11.8 Å². The number of ketones is 1. The van der Waals surface area contributed by atoms with E-state index in [4.69, 9.17) is 4.74 Å². The highest BCUT2D eigenvalue weighted by atomic mass is 16.5. The number of hydrogen-bond donors (Lipinski definition) is 0. The van der Waals surface area contributed by atoms with Crippen LogP contribution in [-0.4, -0.2) is 43.5 Å². The molecule has 3 nitrogen and oxygen atoms in total. The Morgan fingerprint density at radius 3 is 2.60 bits per heavy atom. The molecule has 0 aromatic carbocycles. The van der Waals surface area contributed by atoms with Crippen LogP contribution in [-0.2, 0) is 9.53 Å². The van der Waals surface area contributed by atoms with E-state index >= 15 is 0 Å². The fourth-order valence-corrected chi connectivity index (χ4v) is 2.33. The number of rotatable bonds is 9. The minimum Gasteiger partial charge on any atom is -0.374 e. The van der Waals surface area contributed by atoms with Gasteiger partial charge in [-0.05, 0) is 31.7 Å². The lowest BCUT2D eigenvalue weighted by Crippen LogP contribution is -2.30. The van der Waals surface area contributed by atoms with Gasteiger partial charge in [-0.2, -0.15) is 0 Å². The zero-order chi connectivity index (χ0) is 15.0. The van der Waals surface area contributed by atoms with Crippen molar-refractivity contribution in [3.05, 3.63) is 11.6 Å². The lowest BCUT2D eigenvalue weighted by atomic mass is 9.97. The topological polar surface area (TPSA) is 29.5 Å². The van der Waals surface area contributed by atoms with Crippen molar-refractivity contribution >= 4 is 5.78 Å². The summed E-state index contributed by atoms with van der Waals surface area (Å²) in [5.41, 5.74) is 1.61. The second kappa shape index (κ2) is 9.30. The van der Waals surface area contributed by atoms with Crippen LogP contribution in [0.15, 0.2) is 11.6 Å². The number of hydrogen-bond acceptors (Lipinski definition) is 3. The van der Waals surface area contributed by atoms with E-state index in [1.807, 2.05) is 13.8 Å². The smallest absolute Gasteiger partial charge is 0.160 e. The average molecular weight is 281 g/mol. The summed E-state index contributed by atoms with van der Waals surface area (Å²) in [5.74, 6) is 0.988. The predicted octanol–water partition coefficient (Wildman–Crippen LogP) is 3.30.